The molecular weight excluding hydrogens is 526 g/mol. The highest BCUT2D eigenvalue weighted by Crippen LogP contribution is 2.37. The second-order valence-electron chi connectivity index (χ2n) is 9.89. The number of pyridine rings is 1. The zero-order valence-corrected chi connectivity index (χ0v) is 23.6. The van der Waals surface area contributed by atoms with Crippen LogP contribution in [0.3, 0.4) is 0 Å². The van der Waals surface area contributed by atoms with Gasteiger partial charge < -0.3 is 14.8 Å². The monoisotopic (exact) mass is 555 g/mol. The summed E-state index contributed by atoms with van der Waals surface area (Å²) in [7, 11) is 3.18. The number of amides is 2. The zero-order chi connectivity index (χ0) is 28.3. The molecule has 2 aromatic carbocycles. The van der Waals surface area contributed by atoms with E-state index in [1.54, 1.807) is 31.3 Å². The van der Waals surface area contributed by atoms with Gasteiger partial charge in [-0.3, -0.25) is 10.3 Å². The number of benzene rings is 2. The van der Waals surface area contributed by atoms with Crippen molar-refractivity contribution in [3.8, 4) is 17.2 Å². The Labute approximate surface area is 236 Å². The van der Waals surface area contributed by atoms with Gasteiger partial charge in [-0.25, -0.2) is 19.4 Å². The molecule has 0 unspecified atom stereocenters. The van der Waals surface area contributed by atoms with E-state index in [0.717, 1.165) is 32.2 Å². The largest absolute Gasteiger partial charge is 0.493 e. The van der Waals surface area contributed by atoms with Crippen LogP contribution < -0.4 is 20.1 Å². The molecule has 5 rings (SSSR count). The van der Waals surface area contributed by atoms with Crippen LogP contribution in [0.25, 0.3) is 16.6 Å². The summed E-state index contributed by atoms with van der Waals surface area (Å²) in [6.45, 7) is 6.23. The predicted octanol–water partition coefficient (Wildman–Crippen LogP) is 6.32. The highest BCUT2D eigenvalue weighted by molar-refractivity contribution is 7.99. The second kappa shape index (κ2) is 11.2. The van der Waals surface area contributed by atoms with Crippen molar-refractivity contribution in [2.45, 2.75) is 36.1 Å². The number of nitrogens with zero attached hydrogens (tertiary/aromatic N) is 5. The van der Waals surface area contributed by atoms with E-state index >= 15 is 0 Å². The molecular formula is C29H29N7O3S. The number of ether oxygens (including phenoxy) is 2. The fraction of sp³-hybridized carbons (Fsp3) is 0.207. The number of fused-ring (bicyclic) bond motifs is 1. The molecule has 0 aliphatic heterocycles. The van der Waals surface area contributed by atoms with Gasteiger partial charge in [0.2, 0.25) is 0 Å². The molecule has 0 bridgehead atoms. The average Bonchev–Trinajstić information content (AvgIpc) is 3.37. The van der Waals surface area contributed by atoms with E-state index in [4.69, 9.17) is 14.6 Å². The van der Waals surface area contributed by atoms with Crippen LogP contribution in [0.1, 0.15) is 26.5 Å². The lowest BCUT2D eigenvalue weighted by atomic mass is 9.92. The van der Waals surface area contributed by atoms with Gasteiger partial charge in [-0.15, -0.1) is 0 Å². The first-order valence-electron chi connectivity index (χ1n) is 12.5. The minimum atomic E-state index is -0.387. The average molecular weight is 556 g/mol. The Morgan fingerprint density at radius 1 is 0.925 bits per heavy atom. The summed E-state index contributed by atoms with van der Waals surface area (Å²) in [5.41, 5.74) is 2.82. The lowest BCUT2D eigenvalue weighted by Gasteiger charge is -2.14. The first-order chi connectivity index (χ1) is 19.2. The molecule has 0 spiro atoms. The van der Waals surface area contributed by atoms with Crippen molar-refractivity contribution in [2.24, 2.45) is 0 Å². The molecule has 2 amide bonds. The van der Waals surface area contributed by atoms with E-state index in [1.807, 2.05) is 54.6 Å². The SMILES string of the molecule is COc1cc2ncnc(Sc3cccc(NC(=O)Nc4cc(C(C)(C)C)nn4-c4ccncc4)c3)c2cc1OC. The molecule has 0 saturated carbocycles. The first-order valence-corrected chi connectivity index (χ1v) is 13.3. The molecule has 0 saturated heterocycles. The second-order valence-corrected chi connectivity index (χ2v) is 11.0. The number of carbonyl (C=O) groups is 1. The lowest BCUT2D eigenvalue weighted by Crippen LogP contribution is -2.21. The number of hydrogen-bond acceptors (Lipinski definition) is 8. The van der Waals surface area contributed by atoms with Crippen LogP contribution in [0.5, 0.6) is 11.5 Å². The number of carbonyl (C=O) groups excluding carboxylic acids is 1. The van der Waals surface area contributed by atoms with Gasteiger partial charge in [0, 0.05) is 45.9 Å². The number of anilines is 2. The molecule has 3 aromatic heterocycles. The summed E-state index contributed by atoms with van der Waals surface area (Å²) >= 11 is 1.46. The third kappa shape index (κ3) is 5.84. The molecule has 5 aromatic rings. The van der Waals surface area contributed by atoms with Gasteiger partial charge in [0.15, 0.2) is 11.5 Å². The highest BCUT2D eigenvalue weighted by Gasteiger charge is 2.21. The minimum absolute atomic E-state index is 0.197. The summed E-state index contributed by atoms with van der Waals surface area (Å²) in [5, 5.41) is 12.2. The fourth-order valence-electron chi connectivity index (χ4n) is 3.99. The minimum Gasteiger partial charge on any atom is -0.493 e. The lowest BCUT2D eigenvalue weighted by molar-refractivity contribution is 0.262. The van der Waals surface area contributed by atoms with Crippen molar-refractivity contribution in [1.29, 1.82) is 0 Å². The Morgan fingerprint density at radius 3 is 2.40 bits per heavy atom. The normalized spacial score (nSPS) is 11.3. The number of methoxy groups -OCH3 is 2. The third-order valence-corrected chi connectivity index (χ3v) is 7.05. The van der Waals surface area contributed by atoms with E-state index in [2.05, 4.69) is 46.4 Å². The smallest absolute Gasteiger partial charge is 0.324 e. The Hall–Kier alpha value is -4.64. The fourth-order valence-corrected chi connectivity index (χ4v) is 4.92. The van der Waals surface area contributed by atoms with E-state index in [1.165, 1.54) is 18.1 Å². The number of hydrogen-bond donors (Lipinski definition) is 2. The number of rotatable bonds is 7. The van der Waals surface area contributed by atoms with Crippen molar-refractivity contribution < 1.29 is 14.3 Å². The Balaban J connectivity index is 1.36. The van der Waals surface area contributed by atoms with Crippen LogP contribution in [0.4, 0.5) is 16.3 Å². The van der Waals surface area contributed by atoms with Gasteiger partial charge in [-0.05, 0) is 36.4 Å². The summed E-state index contributed by atoms with van der Waals surface area (Å²) in [5.74, 6) is 1.75. The maximum atomic E-state index is 13.1. The number of nitrogens with one attached hydrogen (secondary N) is 2. The molecule has 0 atom stereocenters. The van der Waals surface area contributed by atoms with Crippen LogP contribution in [0.15, 0.2) is 83.2 Å². The molecule has 0 aliphatic rings. The third-order valence-electron chi connectivity index (χ3n) is 6.04. The van der Waals surface area contributed by atoms with Crippen LogP contribution in [-0.4, -0.2) is 45.0 Å². The maximum absolute atomic E-state index is 13.1. The molecule has 0 fully saturated rings. The first kappa shape index (κ1) is 26.9. The van der Waals surface area contributed by atoms with Gasteiger partial charge in [0.25, 0.3) is 0 Å². The molecule has 11 heteroatoms. The standard InChI is InChI=1S/C29H29N7O3S/c1-29(2,3)25-16-26(36(35-25)19-9-11-30-12-10-19)34-28(37)33-18-7-6-8-20(13-18)40-27-21-14-23(38-4)24(39-5)15-22(21)31-17-32-27/h6-17H,1-5H3,(H2,33,34,37). The van der Waals surface area contributed by atoms with Crippen LogP contribution in [-0.2, 0) is 5.41 Å². The van der Waals surface area contributed by atoms with Crippen molar-refractivity contribution in [1.82, 2.24) is 24.7 Å². The Morgan fingerprint density at radius 2 is 1.68 bits per heavy atom. The summed E-state index contributed by atoms with van der Waals surface area (Å²) in [6, 6.07) is 16.4. The molecule has 3 heterocycles. The van der Waals surface area contributed by atoms with Gasteiger partial charge in [-0.2, -0.15) is 5.10 Å². The van der Waals surface area contributed by atoms with Crippen molar-refractivity contribution in [2.75, 3.05) is 24.9 Å². The van der Waals surface area contributed by atoms with Crippen molar-refractivity contribution in [3.63, 3.8) is 0 Å². The topological polar surface area (TPSA) is 116 Å². The van der Waals surface area contributed by atoms with Crippen molar-refractivity contribution >= 4 is 40.2 Å². The molecule has 10 nitrogen and oxygen atoms in total. The molecule has 0 radical (unpaired) electrons. The van der Waals surface area contributed by atoms with Crippen LogP contribution in [0.2, 0.25) is 0 Å². The molecule has 2 N–H and O–H groups in total. The number of aromatic nitrogens is 5. The summed E-state index contributed by atoms with van der Waals surface area (Å²) < 4.78 is 12.6. The van der Waals surface area contributed by atoms with Gasteiger partial charge in [-0.1, -0.05) is 38.6 Å². The maximum Gasteiger partial charge on any atom is 0.324 e. The highest BCUT2D eigenvalue weighted by atomic mass is 32.2. The summed E-state index contributed by atoms with van der Waals surface area (Å²) in [6.07, 6.45) is 4.90. The Bertz CT molecular complexity index is 1670. The van der Waals surface area contributed by atoms with Crippen molar-refractivity contribution in [3.05, 3.63) is 79.0 Å². The predicted molar refractivity (Wildman–Crippen MR) is 156 cm³/mol. The van der Waals surface area contributed by atoms with E-state index in [9.17, 15) is 4.79 Å². The molecule has 0 aliphatic carbocycles. The summed E-state index contributed by atoms with van der Waals surface area (Å²) in [4.78, 5) is 26.9. The van der Waals surface area contributed by atoms with Gasteiger partial charge in [0.05, 0.1) is 31.1 Å². The van der Waals surface area contributed by atoms with Gasteiger partial charge in [0.1, 0.15) is 17.2 Å². The number of urea groups is 1. The molecule has 204 valence electrons. The van der Waals surface area contributed by atoms with Gasteiger partial charge >= 0.3 is 6.03 Å². The quantitative estimate of drug-likeness (QED) is 0.224. The van der Waals surface area contributed by atoms with E-state index in [-0.39, 0.29) is 11.4 Å². The van der Waals surface area contributed by atoms with E-state index < -0.39 is 0 Å². The van der Waals surface area contributed by atoms with Crippen LogP contribution >= 0.6 is 11.8 Å². The Kier molecular flexibility index (Phi) is 7.56. The van der Waals surface area contributed by atoms with Crippen LogP contribution in [0, 0.1) is 0 Å². The van der Waals surface area contributed by atoms with E-state index in [0.29, 0.717) is 23.0 Å². The zero-order valence-electron chi connectivity index (χ0n) is 22.8. The molecule has 40 heavy (non-hydrogen) atoms.